The van der Waals surface area contributed by atoms with Crippen molar-refractivity contribution in [3.63, 3.8) is 0 Å². The third kappa shape index (κ3) is 3.07. The summed E-state index contributed by atoms with van der Waals surface area (Å²) in [6.07, 6.45) is 2.28. The van der Waals surface area contributed by atoms with Gasteiger partial charge in [0, 0.05) is 20.0 Å². The lowest BCUT2D eigenvalue weighted by atomic mass is 9.99. The first-order chi connectivity index (χ1) is 12.1. The standard InChI is InChI=1S/C18H17FN4OS/c1-11(24)23-6-4-16(14-3-2-13(19)8-12(14)9-23)22-17-15-5-7-25-18(15)21-10-20-17/h2-3,5,7-8,10,16H,4,6,9H2,1H3,(H,20,21,22). The molecule has 0 saturated heterocycles. The molecule has 7 heteroatoms. The van der Waals surface area contributed by atoms with Crippen LogP contribution in [0.15, 0.2) is 36.0 Å². The van der Waals surface area contributed by atoms with Crippen LogP contribution in [0.1, 0.15) is 30.5 Å². The summed E-state index contributed by atoms with van der Waals surface area (Å²) in [5.74, 6) is 0.478. The molecule has 1 amide bonds. The molecule has 3 aromatic rings. The van der Waals surface area contributed by atoms with Gasteiger partial charge in [0.15, 0.2) is 0 Å². The Morgan fingerprint density at radius 3 is 3.08 bits per heavy atom. The van der Waals surface area contributed by atoms with Gasteiger partial charge in [-0.25, -0.2) is 14.4 Å². The number of nitrogens with one attached hydrogen (secondary N) is 1. The van der Waals surface area contributed by atoms with Gasteiger partial charge in [0.1, 0.15) is 22.8 Å². The molecular formula is C18H17FN4OS. The summed E-state index contributed by atoms with van der Waals surface area (Å²) in [7, 11) is 0. The number of aromatic nitrogens is 2. The van der Waals surface area contributed by atoms with E-state index in [-0.39, 0.29) is 17.8 Å². The van der Waals surface area contributed by atoms with Gasteiger partial charge in [-0.05, 0) is 41.1 Å². The van der Waals surface area contributed by atoms with Crippen molar-refractivity contribution < 1.29 is 9.18 Å². The van der Waals surface area contributed by atoms with Gasteiger partial charge < -0.3 is 10.2 Å². The van der Waals surface area contributed by atoms with Crippen molar-refractivity contribution in [2.45, 2.75) is 25.9 Å². The molecule has 25 heavy (non-hydrogen) atoms. The van der Waals surface area contributed by atoms with E-state index in [1.54, 1.807) is 35.6 Å². The third-order valence-electron chi connectivity index (χ3n) is 4.55. The summed E-state index contributed by atoms with van der Waals surface area (Å²) >= 11 is 1.57. The zero-order valence-electron chi connectivity index (χ0n) is 13.7. The highest BCUT2D eigenvalue weighted by Gasteiger charge is 2.24. The van der Waals surface area contributed by atoms with Crippen LogP contribution in [0.25, 0.3) is 10.2 Å². The number of fused-ring (bicyclic) bond motifs is 2. The number of hydrogen-bond acceptors (Lipinski definition) is 5. The number of carbonyl (C=O) groups is 1. The molecule has 0 saturated carbocycles. The quantitative estimate of drug-likeness (QED) is 0.760. The highest BCUT2D eigenvalue weighted by molar-refractivity contribution is 7.16. The Labute approximate surface area is 148 Å². The van der Waals surface area contributed by atoms with E-state index in [0.29, 0.717) is 13.1 Å². The Morgan fingerprint density at radius 1 is 1.36 bits per heavy atom. The summed E-state index contributed by atoms with van der Waals surface area (Å²) in [5, 5.41) is 6.44. The van der Waals surface area contributed by atoms with Crippen LogP contribution >= 0.6 is 11.3 Å². The van der Waals surface area contributed by atoms with Gasteiger partial charge in [0.25, 0.3) is 0 Å². The van der Waals surface area contributed by atoms with E-state index in [4.69, 9.17) is 0 Å². The first-order valence-electron chi connectivity index (χ1n) is 8.10. The van der Waals surface area contributed by atoms with Gasteiger partial charge in [0.2, 0.25) is 5.91 Å². The minimum Gasteiger partial charge on any atom is -0.363 e. The Bertz CT molecular complexity index is 942. The molecule has 1 N–H and O–H groups in total. The van der Waals surface area contributed by atoms with Gasteiger partial charge in [-0.3, -0.25) is 4.79 Å². The van der Waals surface area contributed by atoms with Crippen molar-refractivity contribution in [1.29, 1.82) is 0 Å². The van der Waals surface area contributed by atoms with Crippen molar-refractivity contribution >= 4 is 33.3 Å². The number of anilines is 1. The lowest BCUT2D eigenvalue weighted by molar-refractivity contribution is -0.129. The molecule has 1 atom stereocenters. The number of rotatable bonds is 2. The molecule has 1 aliphatic heterocycles. The first kappa shape index (κ1) is 16.0. The Kier molecular flexibility index (Phi) is 4.09. The van der Waals surface area contributed by atoms with Crippen molar-refractivity contribution in [3.05, 3.63) is 52.9 Å². The third-order valence-corrected chi connectivity index (χ3v) is 5.37. The maximum absolute atomic E-state index is 13.7. The molecule has 0 radical (unpaired) electrons. The van der Waals surface area contributed by atoms with Gasteiger partial charge in [-0.2, -0.15) is 0 Å². The number of benzene rings is 1. The molecule has 0 fully saturated rings. The molecule has 1 unspecified atom stereocenters. The van der Waals surface area contributed by atoms with E-state index < -0.39 is 0 Å². The number of halogens is 1. The van der Waals surface area contributed by atoms with Crippen LogP contribution in [0.5, 0.6) is 0 Å². The minimum atomic E-state index is -0.287. The lowest BCUT2D eigenvalue weighted by Crippen LogP contribution is -2.28. The van der Waals surface area contributed by atoms with Crippen LogP contribution in [0.2, 0.25) is 0 Å². The van der Waals surface area contributed by atoms with E-state index in [1.807, 2.05) is 11.4 Å². The molecule has 128 valence electrons. The Morgan fingerprint density at radius 2 is 2.24 bits per heavy atom. The molecule has 5 nitrogen and oxygen atoms in total. The minimum absolute atomic E-state index is 0.00174. The van der Waals surface area contributed by atoms with Crippen LogP contribution in [0.3, 0.4) is 0 Å². The largest absolute Gasteiger partial charge is 0.363 e. The maximum atomic E-state index is 13.7. The predicted octanol–water partition coefficient (Wildman–Crippen LogP) is 3.74. The second-order valence-corrected chi connectivity index (χ2v) is 7.03. The Hall–Kier alpha value is -2.54. The monoisotopic (exact) mass is 356 g/mol. The van der Waals surface area contributed by atoms with Gasteiger partial charge >= 0.3 is 0 Å². The summed E-state index contributed by atoms with van der Waals surface area (Å²) in [5.41, 5.74) is 1.84. The molecular weight excluding hydrogens is 339 g/mol. The highest BCUT2D eigenvalue weighted by Crippen LogP contribution is 2.32. The zero-order valence-corrected chi connectivity index (χ0v) is 14.5. The second-order valence-electron chi connectivity index (χ2n) is 6.13. The highest BCUT2D eigenvalue weighted by atomic mass is 32.1. The molecule has 3 heterocycles. The SMILES string of the molecule is CC(=O)N1CCC(Nc2ncnc3sccc23)c2ccc(F)cc2C1. The van der Waals surface area contributed by atoms with Crippen LogP contribution < -0.4 is 5.32 Å². The van der Waals surface area contributed by atoms with Gasteiger partial charge in [0.05, 0.1) is 11.4 Å². The predicted molar refractivity (Wildman–Crippen MR) is 95.9 cm³/mol. The van der Waals surface area contributed by atoms with Crippen molar-refractivity contribution in [2.24, 2.45) is 0 Å². The van der Waals surface area contributed by atoms with E-state index >= 15 is 0 Å². The van der Waals surface area contributed by atoms with Crippen molar-refractivity contribution in [1.82, 2.24) is 14.9 Å². The number of amides is 1. The summed E-state index contributed by atoms with van der Waals surface area (Å²) in [6, 6.07) is 6.74. The summed E-state index contributed by atoms with van der Waals surface area (Å²) in [6.45, 7) is 2.59. The van der Waals surface area contributed by atoms with Crippen LogP contribution in [-0.2, 0) is 11.3 Å². The molecule has 0 aliphatic carbocycles. The average molecular weight is 356 g/mol. The second kappa shape index (κ2) is 6.40. The maximum Gasteiger partial charge on any atom is 0.219 e. The molecule has 0 spiro atoms. The molecule has 1 aliphatic rings. The zero-order chi connectivity index (χ0) is 17.4. The summed E-state index contributed by atoms with van der Waals surface area (Å²) in [4.78, 5) is 23.2. The molecule has 0 bridgehead atoms. The van der Waals surface area contributed by atoms with E-state index in [1.165, 1.54) is 12.1 Å². The first-order valence-corrected chi connectivity index (χ1v) is 8.98. The van der Waals surface area contributed by atoms with E-state index in [0.717, 1.165) is 33.6 Å². The fourth-order valence-corrected chi connectivity index (χ4v) is 4.00. The van der Waals surface area contributed by atoms with Crippen LogP contribution in [-0.4, -0.2) is 27.3 Å². The topological polar surface area (TPSA) is 58.1 Å². The van der Waals surface area contributed by atoms with Crippen LogP contribution in [0, 0.1) is 5.82 Å². The van der Waals surface area contributed by atoms with Crippen LogP contribution in [0.4, 0.5) is 10.2 Å². The summed E-state index contributed by atoms with van der Waals surface area (Å²) < 4.78 is 13.7. The van der Waals surface area contributed by atoms with Gasteiger partial charge in [-0.1, -0.05) is 6.07 Å². The average Bonchev–Trinajstić information content (AvgIpc) is 3.00. The lowest BCUT2D eigenvalue weighted by Gasteiger charge is -2.20. The number of thiophene rings is 1. The Balaban J connectivity index is 1.72. The van der Waals surface area contributed by atoms with E-state index in [2.05, 4.69) is 15.3 Å². The smallest absolute Gasteiger partial charge is 0.219 e. The number of carbonyl (C=O) groups excluding carboxylic acids is 1. The fourth-order valence-electron chi connectivity index (χ4n) is 3.27. The molecule has 2 aromatic heterocycles. The van der Waals surface area contributed by atoms with Crippen molar-refractivity contribution in [3.8, 4) is 0 Å². The number of hydrogen-bond donors (Lipinski definition) is 1. The molecule has 4 rings (SSSR count). The van der Waals surface area contributed by atoms with Gasteiger partial charge in [-0.15, -0.1) is 11.3 Å². The normalized spacial score (nSPS) is 17.2. The van der Waals surface area contributed by atoms with E-state index in [9.17, 15) is 9.18 Å². The van der Waals surface area contributed by atoms with Crippen molar-refractivity contribution in [2.75, 3.05) is 11.9 Å². The fraction of sp³-hybridized carbons (Fsp3) is 0.278. The molecule has 1 aromatic carbocycles. The number of nitrogens with zero attached hydrogens (tertiary/aromatic N) is 3.